The van der Waals surface area contributed by atoms with Crippen molar-refractivity contribution in [3.63, 3.8) is 0 Å². The van der Waals surface area contributed by atoms with Gasteiger partial charge in [0.1, 0.15) is 0 Å². The Morgan fingerprint density at radius 1 is 1.42 bits per heavy atom. The monoisotopic (exact) mass is 254 g/mol. The molecule has 0 aromatic heterocycles. The summed E-state index contributed by atoms with van der Waals surface area (Å²) in [5.41, 5.74) is 5.36. The van der Waals surface area contributed by atoms with Crippen molar-refractivity contribution < 1.29 is 4.79 Å². The van der Waals surface area contributed by atoms with E-state index in [0.29, 0.717) is 17.6 Å². The predicted molar refractivity (Wildman–Crippen MR) is 78.6 cm³/mol. The van der Waals surface area contributed by atoms with Crippen LogP contribution in [-0.4, -0.2) is 5.78 Å². The lowest BCUT2D eigenvalue weighted by Crippen LogP contribution is -2.09. The lowest BCUT2D eigenvalue weighted by atomic mass is 9.88. The molecule has 19 heavy (non-hydrogen) atoms. The van der Waals surface area contributed by atoms with Crippen LogP contribution in [0.2, 0.25) is 0 Å². The van der Waals surface area contributed by atoms with Crippen LogP contribution in [0, 0.1) is 11.3 Å². The van der Waals surface area contributed by atoms with E-state index in [1.54, 1.807) is 0 Å². The summed E-state index contributed by atoms with van der Waals surface area (Å²) in [6, 6.07) is 4.44. The Kier molecular flexibility index (Phi) is 2.88. The van der Waals surface area contributed by atoms with E-state index in [1.165, 1.54) is 23.1 Å². The van der Waals surface area contributed by atoms with Crippen molar-refractivity contribution in [1.29, 1.82) is 0 Å². The van der Waals surface area contributed by atoms with Crippen molar-refractivity contribution in [2.75, 3.05) is 0 Å². The molecule has 2 atom stereocenters. The topological polar surface area (TPSA) is 17.1 Å². The maximum Gasteiger partial charge on any atom is 0.163 e. The second kappa shape index (κ2) is 4.33. The summed E-state index contributed by atoms with van der Waals surface area (Å²) in [5.74, 6) is 1.15. The number of carbonyl (C=O) groups excluding carboxylic acids is 1. The molecule has 1 aromatic rings. The van der Waals surface area contributed by atoms with E-state index in [0.717, 1.165) is 30.7 Å². The van der Waals surface area contributed by atoms with Gasteiger partial charge in [-0.1, -0.05) is 32.1 Å². The van der Waals surface area contributed by atoms with Gasteiger partial charge in [-0.2, -0.15) is 0 Å². The van der Waals surface area contributed by atoms with E-state index in [1.807, 2.05) is 6.08 Å². The van der Waals surface area contributed by atoms with Crippen LogP contribution in [0.5, 0.6) is 0 Å². The van der Waals surface area contributed by atoms with Gasteiger partial charge in [0.25, 0.3) is 0 Å². The number of allylic oxidation sites excluding steroid dienone is 1. The van der Waals surface area contributed by atoms with E-state index in [4.69, 9.17) is 0 Å². The van der Waals surface area contributed by atoms with Gasteiger partial charge >= 0.3 is 0 Å². The molecule has 2 aliphatic carbocycles. The van der Waals surface area contributed by atoms with Crippen molar-refractivity contribution in [2.45, 2.75) is 46.0 Å². The molecular formula is C18H22O. The fourth-order valence-electron chi connectivity index (χ4n) is 3.53. The van der Waals surface area contributed by atoms with Gasteiger partial charge in [-0.25, -0.2) is 0 Å². The summed E-state index contributed by atoms with van der Waals surface area (Å²) in [6.45, 7) is 8.55. The number of carbonyl (C=O) groups is 1. The van der Waals surface area contributed by atoms with Crippen molar-refractivity contribution >= 4 is 5.78 Å². The molecule has 0 spiro atoms. The number of fused-ring (bicyclic) bond motifs is 1. The first-order valence-corrected chi connectivity index (χ1v) is 7.33. The molecule has 1 saturated carbocycles. The SMILES string of the molecule is C=CCc1c(CC2(C)CC2C)ccc2c1C(=O)CC2. The number of rotatable bonds is 4. The zero-order chi connectivity index (χ0) is 13.6. The Morgan fingerprint density at radius 3 is 2.79 bits per heavy atom. The minimum atomic E-state index is 0.336. The average molecular weight is 254 g/mol. The minimum absolute atomic E-state index is 0.336. The van der Waals surface area contributed by atoms with Crippen LogP contribution in [0.25, 0.3) is 0 Å². The van der Waals surface area contributed by atoms with E-state index < -0.39 is 0 Å². The molecule has 1 nitrogen and oxygen atoms in total. The molecule has 1 aromatic carbocycles. The van der Waals surface area contributed by atoms with Gasteiger partial charge in [-0.3, -0.25) is 4.79 Å². The number of benzene rings is 1. The number of ketones is 1. The van der Waals surface area contributed by atoms with Crippen LogP contribution in [0.15, 0.2) is 24.8 Å². The largest absolute Gasteiger partial charge is 0.294 e. The summed E-state index contributed by atoms with van der Waals surface area (Å²) in [6.07, 6.45) is 6.80. The van der Waals surface area contributed by atoms with E-state index >= 15 is 0 Å². The summed E-state index contributed by atoms with van der Waals surface area (Å²) in [5, 5.41) is 0. The van der Waals surface area contributed by atoms with Crippen molar-refractivity contribution in [3.8, 4) is 0 Å². The van der Waals surface area contributed by atoms with Crippen molar-refractivity contribution in [3.05, 3.63) is 47.0 Å². The van der Waals surface area contributed by atoms with E-state index in [2.05, 4.69) is 32.6 Å². The van der Waals surface area contributed by atoms with Crippen LogP contribution in [0.4, 0.5) is 0 Å². The molecule has 0 saturated heterocycles. The second-order valence-electron chi connectivity index (χ2n) is 6.59. The van der Waals surface area contributed by atoms with Crippen LogP contribution in [0.1, 0.15) is 53.7 Å². The normalized spacial score (nSPS) is 28.3. The smallest absolute Gasteiger partial charge is 0.163 e. The second-order valence-corrected chi connectivity index (χ2v) is 6.59. The Hall–Kier alpha value is -1.37. The molecule has 0 bridgehead atoms. The molecule has 1 heteroatoms. The molecule has 0 radical (unpaired) electrons. The number of hydrogen-bond acceptors (Lipinski definition) is 1. The molecular weight excluding hydrogens is 232 g/mol. The summed E-state index contributed by atoms with van der Waals surface area (Å²) in [7, 11) is 0. The molecule has 100 valence electrons. The van der Waals surface area contributed by atoms with Gasteiger partial charge in [-0.15, -0.1) is 6.58 Å². The third-order valence-electron chi connectivity index (χ3n) is 5.14. The molecule has 0 aliphatic heterocycles. The fraction of sp³-hybridized carbons (Fsp3) is 0.500. The number of aryl methyl sites for hydroxylation is 1. The number of Topliss-reactive ketones (excluding diaryl/α,β-unsaturated/α-hetero) is 1. The first kappa shape index (κ1) is 12.7. The highest BCUT2D eigenvalue weighted by Crippen LogP contribution is 2.54. The van der Waals surface area contributed by atoms with Crippen molar-refractivity contribution in [1.82, 2.24) is 0 Å². The number of hydrogen-bond donors (Lipinski definition) is 0. The lowest BCUT2D eigenvalue weighted by molar-refractivity contribution is 0.0994. The minimum Gasteiger partial charge on any atom is -0.294 e. The molecule has 1 fully saturated rings. The van der Waals surface area contributed by atoms with Gasteiger partial charge < -0.3 is 0 Å². The van der Waals surface area contributed by atoms with Crippen LogP contribution >= 0.6 is 0 Å². The maximum absolute atomic E-state index is 12.1. The van der Waals surface area contributed by atoms with Gasteiger partial charge in [0.15, 0.2) is 5.78 Å². The van der Waals surface area contributed by atoms with E-state index in [-0.39, 0.29) is 0 Å². The highest BCUT2D eigenvalue weighted by atomic mass is 16.1. The fourth-order valence-corrected chi connectivity index (χ4v) is 3.53. The van der Waals surface area contributed by atoms with Crippen LogP contribution in [-0.2, 0) is 19.3 Å². The molecule has 0 N–H and O–H groups in total. The standard InChI is InChI=1S/C18H22O/c1-4-5-15-14(11-18(3)10-12(18)2)7-6-13-8-9-16(19)17(13)15/h4,6-7,12H,1,5,8-11H2,2-3H3. The first-order valence-electron chi connectivity index (χ1n) is 7.33. The Morgan fingerprint density at radius 2 is 2.16 bits per heavy atom. The zero-order valence-corrected chi connectivity index (χ0v) is 12.0. The predicted octanol–water partition coefficient (Wildman–Crippen LogP) is 4.13. The Bertz CT molecular complexity index is 555. The van der Waals surface area contributed by atoms with Gasteiger partial charge in [0, 0.05) is 12.0 Å². The maximum atomic E-state index is 12.1. The average Bonchev–Trinajstić information content (AvgIpc) is 2.79. The first-order chi connectivity index (χ1) is 9.05. The van der Waals surface area contributed by atoms with Gasteiger partial charge in [-0.05, 0) is 53.7 Å². The summed E-state index contributed by atoms with van der Waals surface area (Å²) in [4.78, 5) is 12.1. The highest BCUT2D eigenvalue weighted by molar-refractivity contribution is 6.02. The third-order valence-corrected chi connectivity index (χ3v) is 5.14. The highest BCUT2D eigenvalue weighted by Gasteiger charge is 2.46. The lowest BCUT2D eigenvalue weighted by Gasteiger charge is -2.16. The Balaban J connectivity index is 2.02. The molecule has 0 amide bonds. The zero-order valence-electron chi connectivity index (χ0n) is 12.0. The quantitative estimate of drug-likeness (QED) is 0.738. The molecule has 2 aliphatic rings. The summed E-state index contributed by atoms with van der Waals surface area (Å²) >= 11 is 0. The van der Waals surface area contributed by atoms with Crippen LogP contribution < -0.4 is 0 Å². The third kappa shape index (κ3) is 2.05. The molecule has 3 rings (SSSR count). The Labute approximate surface area is 115 Å². The molecule has 0 heterocycles. The summed E-state index contributed by atoms with van der Waals surface area (Å²) < 4.78 is 0. The van der Waals surface area contributed by atoms with Gasteiger partial charge in [0.2, 0.25) is 0 Å². The van der Waals surface area contributed by atoms with Gasteiger partial charge in [0.05, 0.1) is 0 Å². The van der Waals surface area contributed by atoms with Crippen LogP contribution in [0.3, 0.4) is 0 Å². The van der Waals surface area contributed by atoms with E-state index in [9.17, 15) is 4.79 Å². The van der Waals surface area contributed by atoms with Crippen molar-refractivity contribution in [2.24, 2.45) is 11.3 Å². The molecule has 2 unspecified atom stereocenters.